The molecular formula is C28H31ClF2N8O4. The van der Waals surface area contributed by atoms with Crippen LogP contribution in [0.4, 0.5) is 8.78 Å². The van der Waals surface area contributed by atoms with Crippen molar-refractivity contribution in [2.24, 2.45) is 0 Å². The third-order valence-electron chi connectivity index (χ3n) is 7.85. The van der Waals surface area contributed by atoms with Crippen molar-refractivity contribution in [2.45, 2.75) is 31.5 Å². The zero-order valence-corrected chi connectivity index (χ0v) is 23.9. The molecule has 3 aliphatic rings. The average molecular weight is 617 g/mol. The minimum absolute atomic E-state index is 0.0408. The molecule has 0 saturated carbocycles. The number of fused-ring (bicyclic) bond motifs is 1. The Labute approximate surface area is 251 Å². The van der Waals surface area contributed by atoms with Gasteiger partial charge in [-0.3, -0.25) is 14.5 Å². The van der Waals surface area contributed by atoms with Crippen LogP contribution in [0.15, 0.2) is 54.6 Å². The normalized spacial score (nSPS) is 20.1. The highest BCUT2D eigenvalue weighted by atomic mass is 35.5. The van der Waals surface area contributed by atoms with Gasteiger partial charge in [0, 0.05) is 55.2 Å². The number of hydrogen-bond acceptors (Lipinski definition) is 9. The Morgan fingerprint density at radius 1 is 1.16 bits per heavy atom. The Hall–Kier alpha value is -3.85. The Bertz CT molecular complexity index is 1510. The summed E-state index contributed by atoms with van der Waals surface area (Å²) in [6.45, 7) is 1.42. The summed E-state index contributed by atoms with van der Waals surface area (Å²) in [6, 6.07) is 7.23. The molecule has 15 heteroatoms. The molecule has 2 fully saturated rings. The first-order valence-electron chi connectivity index (χ1n) is 14.0. The van der Waals surface area contributed by atoms with E-state index in [4.69, 9.17) is 21.1 Å². The number of rotatable bonds is 8. The number of halogens is 3. The van der Waals surface area contributed by atoms with Crippen LogP contribution in [-0.2, 0) is 9.53 Å². The molecule has 0 aliphatic carbocycles. The van der Waals surface area contributed by atoms with Gasteiger partial charge in [-0.15, -0.1) is 0 Å². The summed E-state index contributed by atoms with van der Waals surface area (Å²) >= 11 is 6.24. The Morgan fingerprint density at radius 3 is 2.72 bits per heavy atom. The highest BCUT2D eigenvalue weighted by Gasteiger charge is 2.34. The van der Waals surface area contributed by atoms with Gasteiger partial charge in [-0.05, 0) is 43.2 Å². The number of carbonyl (C=O) groups excluding carboxylic acids is 2. The zero-order chi connectivity index (χ0) is 29.9. The summed E-state index contributed by atoms with van der Waals surface area (Å²) in [7, 11) is 0. The highest BCUT2D eigenvalue weighted by molar-refractivity contribution is 6.30. The Kier molecular flexibility index (Phi) is 8.70. The minimum Gasteiger partial charge on any atom is -0.434 e. The molecule has 228 valence electrons. The van der Waals surface area contributed by atoms with Gasteiger partial charge in [0.1, 0.15) is 12.3 Å². The second kappa shape index (κ2) is 12.8. The van der Waals surface area contributed by atoms with Crippen LogP contribution in [0.3, 0.4) is 0 Å². The molecule has 0 radical (unpaired) electrons. The summed E-state index contributed by atoms with van der Waals surface area (Å²) in [5, 5.41) is 8.84. The maximum absolute atomic E-state index is 13.4. The van der Waals surface area contributed by atoms with E-state index in [1.807, 2.05) is 4.90 Å². The molecule has 1 unspecified atom stereocenters. The lowest BCUT2D eigenvalue weighted by Gasteiger charge is -2.40. The van der Waals surface area contributed by atoms with Crippen LogP contribution in [0.2, 0.25) is 5.02 Å². The van der Waals surface area contributed by atoms with E-state index in [1.165, 1.54) is 40.1 Å². The molecule has 1 atom stereocenters. The summed E-state index contributed by atoms with van der Waals surface area (Å²) in [5.74, 6) is -0.746. The lowest BCUT2D eigenvalue weighted by atomic mass is 10.0. The maximum Gasteiger partial charge on any atom is 0.387 e. The Morgan fingerprint density at radius 2 is 1.95 bits per heavy atom. The first kappa shape index (κ1) is 29.2. The highest BCUT2D eigenvalue weighted by Crippen LogP contribution is 2.35. The van der Waals surface area contributed by atoms with E-state index in [1.54, 1.807) is 18.3 Å². The van der Waals surface area contributed by atoms with Gasteiger partial charge in [0.2, 0.25) is 5.91 Å². The van der Waals surface area contributed by atoms with Crippen molar-refractivity contribution in [1.82, 2.24) is 40.1 Å². The standard InChI is InChI=1S/C28H31ClF2N8O4/c29-18-3-4-23(43-28(30)31)20(14-18)26-21(34-27(41)22-15-32-24-2-1-7-33-39(22)24)16-38(35-26)17-25(40)37-8-5-19(6-9-37)36-10-12-42-13-11-36/h1-4,7,14-16,19,26,28,35H,5-6,8-13,17H2,(H,34,41). The molecule has 1 aromatic carbocycles. The van der Waals surface area contributed by atoms with Gasteiger partial charge in [-0.25, -0.2) is 14.9 Å². The fourth-order valence-electron chi connectivity index (χ4n) is 5.74. The number of morpholine rings is 1. The van der Waals surface area contributed by atoms with Crippen molar-refractivity contribution in [1.29, 1.82) is 0 Å². The van der Waals surface area contributed by atoms with Crippen LogP contribution in [0.5, 0.6) is 5.75 Å². The number of aromatic nitrogens is 3. The molecule has 0 spiro atoms. The van der Waals surface area contributed by atoms with Gasteiger partial charge in [-0.1, -0.05) is 11.6 Å². The molecule has 12 nitrogen and oxygen atoms in total. The third kappa shape index (κ3) is 6.56. The van der Waals surface area contributed by atoms with Crippen molar-refractivity contribution in [3.05, 3.63) is 70.9 Å². The van der Waals surface area contributed by atoms with Crippen LogP contribution in [0, 0.1) is 0 Å². The predicted octanol–water partition coefficient (Wildman–Crippen LogP) is 2.44. The second-order valence-electron chi connectivity index (χ2n) is 10.5. The number of imidazole rings is 1. The van der Waals surface area contributed by atoms with E-state index in [-0.39, 0.29) is 34.5 Å². The fourth-order valence-corrected chi connectivity index (χ4v) is 5.92. The van der Waals surface area contributed by atoms with Crippen LogP contribution >= 0.6 is 11.6 Å². The van der Waals surface area contributed by atoms with Gasteiger partial charge in [0.25, 0.3) is 5.91 Å². The molecule has 3 aliphatic heterocycles. The average Bonchev–Trinajstić information content (AvgIpc) is 3.62. The molecule has 0 bridgehead atoms. The van der Waals surface area contributed by atoms with Crippen molar-refractivity contribution < 1.29 is 27.8 Å². The van der Waals surface area contributed by atoms with Gasteiger partial charge < -0.3 is 24.7 Å². The third-order valence-corrected chi connectivity index (χ3v) is 8.09. The lowest BCUT2D eigenvalue weighted by molar-refractivity contribution is -0.134. The van der Waals surface area contributed by atoms with Gasteiger partial charge in [0.15, 0.2) is 11.3 Å². The maximum atomic E-state index is 13.4. The SMILES string of the molecule is O=C(NC1=CN(CC(=O)N2CCC(N3CCOCC3)CC2)NC1c1cc(Cl)ccc1OC(F)F)c1cnc2cccnn12. The van der Waals surface area contributed by atoms with Gasteiger partial charge in [-0.2, -0.15) is 13.9 Å². The van der Waals surface area contributed by atoms with E-state index in [2.05, 4.69) is 25.7 Å². The number of nitrogens with one attached hydrogen (secondary N) is 2. The van der Waals surface area contributed by atoms with E-state index >= 15 is 0 Å². The van der Waals surface area contributed by atoms with Crippen molar-refractivity contribution in [2.75, 3.05) is 45.9 Å². The molecular weight excluding hydrogens is 586 g/mol. The number of alkyl halides is 2. The molecule has 2 amide bonds. The van der Waals surface area contributed by atoms with Crippen molar-refractivity contribution in [3.63, 3.8) is 0 Å². The molecule has 2 aromatic heterocycles. The number of hydrogen-bond donors (Lipinski definition) is 2. The summed E-state index contributed by atoms with van der Waals surface area (Å²) in [4.78, 5) is 35.2. The van der Waals surface area contributed by atoms with E-state index in [9.17, 15) is 18.4 Å². The van der Waals surface area contributed by atoms with Crippen LogP contribution < -0.4 is 15.5 Å². The number of hydrazine groups is 1. The Balaban J connectivity index is 1.20. The monoisotopic (exact) mass is 616 g/mol. The molecule has 5 heterocycles. The van der Waals surface area contributed by atoms with E-state index in [0.29, 0.717) is 30.5 Å². The molecule has 43 heavy (non-hydrogen) atoms. The molecule has 2 N–H and O–H groups in total. The van der Waals surface area contributed by atoms with Crippen molar-refractivity contribution >= 4 is 29.1 Å². The minimum atomic E-state index is -3.08. The number of nitrogens with zero attached hydrogens (tertiary/aromatic N) is 6. The number of likely N-dealkylation sites (tertiary alicyclic amines) is 1. The number of benzene rings is 1. The largest absolute Gasteiger partial charge is 0.434 e. The first-order valence-corrected chi connectivity index (χ1v) is 14.4. The van der Waals surface area contributed by atoms with Gasteiger partial charge >= 0.3 is 6.61 Å². The van der Waals surface area contributed by atoms with Gasteiger partial charge in [0.05, 0.1) is 31.1 Å². The quantitative estimate of drug-likeness (QED) is 0.394. The van der Waals surface area contributed by atoms with Crippen LogP contribution in [0.25, 0.3) is 5.65 Å². The summed E-state index contributed by atoms with van der Waals surface area (Å²) in [5.41, 5.74) is 4.37. The number of carbonyl (C=O) groups is 2. The fraction of sp³-hybridized carbons (Fsp3) is 0.429. The molecule has 3 aromatic rings. The molecule has 2 saturated heterocycles. The summed E-state index contributed by atoms with van der Waals surface area (Å²) < 4.78 is 38.2. The number of ether oxygens (including phenoxy) is 2. The smallest absolute Gasteiger partial charge is 0.387 e. The van der Waals surface area contributed by atoms with Crippen LogP contribution in [0.1, 0.15) is 34.9 Å². The van der Waals surface area contributed by atoms with Crippen molar-refractivity contribution in [3.8, 4) is 5.75 Å². The van der Waals surface area contributed by atoms with Crippen LogP contribution in [-0.4, -0.2) is 99.8 Å². The summed E-state index contributed by atoms with van der Waals surface area (Å²) in [6.07, 6.45) is 6.25. The number of amides is 2. The van der Waals surface area contributed by atoms with E-state index < -0.39 is 18.6 Å². The topological polar surface area (TPSA) is 117 Å². The lowest BCUT2D eigenvalue weighted by Crippen LogP contribution is -2.51. The zero-order valence-electron chi connectivity index (χ0n) is 23.2. The first-order chi connectivity index (χ1) is 20.9. The van der Waals surface area contributed by atoms with E-state index in [0.717, 1.165) is 39.1 Å². The second-order valence-corrected chi connectivity index (χ2v) is 10.9. The molecule has 6 rings (SSSR count). The predicted molar refractivity (Wildman–Crippen MR) is 151 cm³/mol. The number of piperidine rings is 1.